The van der Waals surface area contributed by atoms with Crippen LogP contribution in [0.1, 0.15) is 45.4 Å². The Bertz CT molecular complexity index is 400. The molecule has 0 bridgehead atoms. The molecule has 1 N–H and O–H groups in total. The normalized spacial score (nSPS) is 28.6. The first kappa shape index (κ1) is 13.9. The summed E-state index contributed by atoms with van der Waals surface area (Å²) >= 11 is 0. The van der Waals surface area contributed by atoms with Crippen LogP contribution in [0, 0.1) is 5.92 Å². The van der Waals surface area contributed by atoms with Crippen LogP contribution in [0.15, 0.2) is 24.5 Å². The van der Waals surface area contributed by atoms with Gasteiger partial charge in [0.1, 0.15) is 0 Å². The summed E-state index contributed by atoms with van der Waals surface area (Å²) in [5.74, 6) is 0.876. The van der Waals surface area contributed by atoms with Crippen molar-refractivity contribution in [2.24, 2.45) is 5.92 Å². The maximum absolute atomic E-state index is 4.30. The van der Waals surface area contributed by atoms with Gasteiger partial charge in [-0.3, -0.25) is 4.98 Å². The molecule has 1 aromatic heterocycles. The van der Waals surface area contributed by atoms with Crippen molar-refractivity contribution in [3.63, 3.8) is 0 Å². The fourth-order valence-electron chi connectivity index (χ4n) is 3.88. The monoisotopic (exact) mass is 273 g/mol. The lowest BCUT2D eigenvalue weighted by Gasteiger charge is -2.44. The summed E-state index contributed by atoms with van der Waals surface area (Å²) in [6, 6.07) is 5.54. The fraction of sp³-hybridized carbons (Fsp3) is 0.706. The molecule has 1 aliphatic carbocycles. The van der Waals surface area contributed by atoms with Gasteiger partial charge in [-0.05, 0) is 37.3 Å². The van der Waals surface area contributed by atoms with Crippen LogP contribution in [0.25, 0.3) is 0 Å². The first-order chi connectivity index (χ1) is 9.88. The molecule has 2 fully saturated rings. The second kappa shape index (κ2) is 6.57. The summed E-state index contributed by atoms with van der Waals surface area (Å²) in [7, 11) is 0. The molecule has 2 heterocycles. The molecule has 0 aromatic carbocycles. The summed E-state index contributed by atoms with van der Waals surface area (Å²) in [4.78, 5) is 6.89. The Morgan fingerprint density at radius 1 is 1.30 bits per heavy atom. The number of pyridine rings is 1. The van der Waals surface area contributed by atoms with Gasteiger partial charge < -0.3 is 10.2 Å². The Morgan fingerprint density at radius 3 is 2.85 bits per heavy atom. The molecule has 1 aliphatic heterocycles. The highest BCUT2D eigenvalue weighted by Crippen LogP contribution is 2.30. The minimum Gasteiger partial charge on any atom is -0.364 e. The molecule has 110 valence electrons. The molecule has 2 aliphatic rings. The van der Waals surface area contributed by atoms with E-state index in [1.165, 1.54) is 44.2 Å². The summed E-state index contributed by atoms with van der Waals surface area (Å²) in [6.07, 6.45) is 12.2. The molecule has 0 amide bonds. The summed E-state index contributed by atoms with van der Waals surface area (Å²) in [5.41, 5.74) is 1.29. The largest absolute Gasteiger partial charge is 0.364 e. The number of anilines is 1. The Hall–Kier alpha value is -1.09. The smallest absolute Gasteiger partial charge is 0.0556 e. The van der Waals surface area contributed by atoms with Crippen LogP contribution in [0.5, 0.6) is 0 Å². The van der Waals surface area contributed by atoms with Gasteiger partial charge in [0.05, 0.1) is 11.9 Å². The fourth-order valence-corrected chi connectivity index (χ4v) is 3.88. The lowest BCUT2D eigenvalue weighted by atomic mass is 9.82. The maximum Gasteiger partial charge on any atom is 0.0556 e. The lowest BCUT2D eigenvalue weighted by Crippen LogP contribution is -2.59. The summed E-state index contributed by atoms with van der Waals surface area (Å²) in [5, 5.41) is 3.83. The third-order valence-electron chi connectivity index (χ3n) is 5.12. The van der Waals surface area contributed by atoms with Crippen LogP contribution in [-0.2, 0) is 0 Å². The van der Waals surface area contributed by atoms with E-state index in [2.05, 4.69) is 34.3 Å². The van der Waals surface area contributed by atoms with Gasteiger partial charge in [-0.2, -0.15) is 0 Å². The quantitative estimate of drug-likeness (QED) is 0.916. The number of rotatable bonds is 3. The van der Waals surface area contributed by atoms with Crippen molar-refractivity contribution in [3.05, 3.63) is 24.5 Å². The molecule has 0 radical (unpaired) electrons. The number of nitrogens with zero attached hydrogens (tertiary/aromatic N) is 2. The highest BCUT2D eigenvalue weighted by molar-refractivity contribution is 5.46. The first-order valence-electron chi connectivity index (χ1n) is 8.28. The van der Waals surface area contributed by atoms with E-state index in [1.807, 2.05) is 12.4 Å². The molecule has 1 saturated heterocycles. The van der Waals surface area contributed by atoms with Crippen LogP contribution >= 0.6 is 0 Å². The minimum atomic E-state index is 0.610. The number of hydrogen-bond donors (Lipinski definition) is 1. The predicted octanol–water partition coefficient (Wildman–Crippen LogP) is 3.22. The molecular formula is C17H27N3. The van der Waals surface area contributed by atoms with E-state index in [1.54, 1.807) is 0 Å². The molecule has 0 spiro atoms. The van der Waals surface area contributed by atoms with Gasteiger partial charge in [-0.1, -0.05) is 26.2 Å². The average Bonchev–Trinajstić information content (AvgIpc) is 2.56. The van der Waals surface area contributed by atoms with Gasteiger partial charge in [-0.15, -0.1) is 0 Å². The van der Waals surface area contributed by atoms with Crippen molar-refractivity contribution in [1.82, 2.24) is 10.3 Å². The van der Waals surface area contributed by atoms with E-state index in [9.17, 15) is 0 Å². The van der Waals surface area contributed by atoms with Crippen molar-refractivity contribution in [3.8, 4) is 0 Å². The maximum atomic E-state index is 4.30. The van der Waals surface area contributed by atoms with Gasteiger partial charge in [0.15, 0.2) is 0 Å². The molecule has 3 rings (SSSR count). The third-order valence-corrected chi connectivity index (χ3v) is 5.12. The van der Waals surface area contributed by atoms with E-state index >= 15 is 0 Å². The molecule has 1 saturated carbocycles. The Kier molecular flexibility index (Phi) is 4.56. The molecule has 2 unspecified atom stereocenters. The van der Waals surface area contributed by atoms with Crippen molar-refractivity contribution in [1.29, 1.82) is 0 Å². The van der Waals surface area contributed by atoms with Crippen LogP contribution in [0.3, 0.4) is 0 Å². The van der Waals surface area contributed by atoms with Crippen molar-refractivity contribution >= 4 is 5.69 Å². The zero-order chi connectivity index (χ0) is 13.8. The second-order valence-corrected chi connectivity index (χ2v) is 6.34. The summed E-state index contributed by atoms with van der Waals surface area (Å²) in [6.45, 7) is 4.55. The second-order valence-electron chi connectivity index (χ2n) is 6.34. The van der Waals surface area contributed by atoms with Crippen LogP contribution < -0.4 is 10.2 Å². The number of hydrogen-bond acceptors (Lipinski definition) is 3. The predicted molar refractivity (Wildman–Crippen MR) is 84.0 cm³/mol. The molecule has 20 heavy (non-hydrogen) atoms. The highest BCUT2D eigenvalue weighted by atomic mass is 15.2. The van der Waals surface area contributed by atoms with E-state index in [0.29, 0.717) is 12.1 Å². The Balaban J connectivity index is 1.72. The van der Waals surface area contributed by atoms with Crippen molar-refractivity contribution in [2.45, 2.75) is 57.5 Å². The Labute approximate surface area is 122 Å². The van der Waals surface area contributed by atoms with Gasteiger partial charge in [-0.25, -0.2) is 0 Å². The average molecular weight is 273 g/mol. The van der Waals surface area contributed by atoms with E-state index < -0.39 is 0 Å². The van der Waals surface area contributed by atoms with E-state index in [4.69, 9.17) is 0 Å². The SMILES string of the molecule is CCC1CNC(C2CCCCC2)CN1c1cccnc1. The molecular weight excluding hydrogens is 246 g/mol. The molecule has 2 atom stereocenters. The van der Waals surface area contributed by atoms with Crippen LogP contribution in [-0.4, -0.2) is 30.2 Å². The topological polar surface area (TPSA) is 28.2 Å². The number of piperazine rings is 1. The Morgan fingerprint density at radius 2 is 2.15 bits per heavy atom. The lowest BCUT2D eigenvalue weighted by molar-refractivity contribution is 0.240. The molecule has 3 heteroatoms. The van der Waals surface area contributed by atoms with Crippen molar-refractivity contribution in [2.75, 3.05) is 18.0 Å². The first-order valence-corrected chi connectivity index (χ1v) is 8.28. The van der Waals surface area contributed by atoms with Gasteiger partial charge in [0.2, 0.25) is 0 Å². The van der Waals surface area contributed by atoms with E-state index in [-0.39, 0.29) is 0 Å². The molecule has 1 aromatic rings. The minimum absolute atomic E-state index is 0.610. The summed E-state index contributed by atoms with van der Waals surface area (Å²) < 4.78 is 0. The van der Waals surface area contributed by atoms with E-state index in [0.717, 1.165) is 19.0 Å². The standard InChI is InChI=1S/C17H27N3/c1-2-15-12-19-17(14-7-4-3-5-8-14)13-20(15)16-9-6-10-18-11-16/h6,9-11,14-15,17,19H,2-5,7-8,12-13H2,1H3. The highest BCUT2D eigenvalue weighted by Gasteiger charge is 2.32. The van der Waals surface area contributed by atoms with Crippen molar-refractivity contribution < 1.29 is 0 Å². The number of nitrogens with one attached hydrogen (secondary N) is 1. The zero-order valence-electron chi connectivity index (χ0n) is 12.6. The zero-order valence-corrected chi connectivity index (χ0v) is 12.6. The molecule has 3 nitrogen and oxygen atoms in total. The van der Waals surface area contributed by atoms with Crippen LogP contribution in [0.4, 0.5) is 5.69 Å². The van der Waals surface area contributed by atoms with Crippen LogP contribution in [0.2, 0.25) is 0 Å². The third kappa shape index (κ3) is 2.98. The van der Waals surface area contributed by atoms with Gasteiger partial charge in [0.25, 0.3) is 0 Å². The van der Waals surface area contributed by atoms with Gasteiger partial charge >= 0.3 is 0 Å². The van der Waals surface area contributed by atoms with Gasteiger partial charge in [0, 0.05) is 31.4 Å². The number of aromatic nitrogens is 1.